The van der Waals surface area contributed by atoms with E-state index in [2.05, 4.69) is 31.2 Å². The van der Waals surface area contributed by atoms with E-state index in [0.29, 0.717) is 12.7 Å². The molecule has 0 amide bonds. The molecule has 1 saturated heterocycles. The number of aryl methyl sites for hydroxylation is 1. The van der Waals surface area contributed by atoms with E-state index < -0.39 is 0 Å². The highest BCUT2D eigenvalue weighted by Crippen LogP contribution is 2.22. The van der Waals surface area contributed by atoms with Gasteiger partial charge in [0.05, 0.1) is 6.61 Å². The molecular formula is C21H34O2. The first-order valence-corrected chi connectivity index (χ1v) is 9.72. The maximum absolute atomic E-state index is 5.88. The maximum atomic E-state index is 5.88. The molecule has 1 aliphatic rings. The zero-order valence-corrected chi connectivity index (χ0v) is 14.9. The SMILES string of the molecule is CCCCCCCCCCCCc1ccccc1OCC1CO1. The molecule has 0 bridgehead atoms. The van der Waals surface area contributed by atoms with Crippen LogP contribution in [0.25, 0.3) is 0 Å². The lowest BCUT2D eigenvalue weighted by Crippen LogP contribution is -2.05. The van der Waals surface area contributed by atoms with Crippen LogP contribution in [-0.4, -0.2) is 19.3 Å². The minimum atomic E-state index is 0.334. The van der Waals surface area contributed by atoms with Crippen molar-refractivity contribution in [2.24, 2.45) is 0 Å². The molecule has 2 nitrogen and oxygen atoms in total. The molecule has 1 aromatic rings. The number of ether oxygens (including phenoxy) is 2. The highest BCUT2D eigenvalue weighted by atomic mass is 16.6. The van der Waals surface area contributed by atoms with Crippen molar-refractivity contribution in [1.29, 1.82) is 0 Å². The van der Waals surface area contributed by atoms with Gasteiger partial charge in [-0.15, -0.1) is 0 Å². The van der Waals surface area contributed by atoms with Crippen molar-refractivity contribution in [2.45, 2.75) is 83.7 Å². The van der Waals surface area contributed by atoms with Gasteiger partial charge in [-0.05, 0) is 24.5 Å². The summed E-state index contributed by atoms with van der Waals surface area (Å²) < 4.78 is 11.1. The summed E-state index contributed by atoms with van der Waals surface area (Å²) in [6, 6.07) is 8.47. The third-order valence-corrected chi connectivity index (χ3v) is 4.60. The minimum absolute atomic E-state index is 0.334. The molecule has 0 spiro atoms. The average Bonchev–Trinajstić information content (AvgIpc) is 3.40. The van der Waals surface area contributed by atoms with Crippen LogP contribution in [-0.2, 0) is 11.2 Å². The fraction of sp³-hybridized carbons (Fsp3) is 0.714. The highest BCUT2D eigenvalue weighted by molar-refractivity contribution is 5.33. The number of unbranched alkanes of at least 4 members (excludes halogenated alkanes) is 9. The Morgan fingerprint density at radius 1 is 0.913 bits per heavy atom. The number of rotatable bonds is 14. The predicted octanol–water partition coefficient (Wildman–Crippen LogP) is 5.93. The van der Waals surface area contributed by atoms with Crippen LogP contribution in [0.3, 0.4) is 0 Å². The molecule has 1 aliphatic heterocycles. The van der Waals surface area contributed by atoms with Crippen LogP contribution in [0.1, 0.15) is 76.7 Å². The van der Waals surface area contributed by atoms with Crippen molar-refractivity contribution < 1.29 is 9.47 Å². The fourth-order valence-corrected chi connectivity index (χ4v) is 3.00. The van der Waals surface area contributed by atoms with Crippen LogP contribution in [0, 0.1) is 0 Å². The average molecular weight is 319 g/mol. The van der Waals surface area contributed by atoms with Crippen molar-refractivity contribution in [2.75, 3.05) is 13.2 Å². The van der Waals surface area contributed by atoms with E-state index >= 15 is 0 Å². The first kappa shape index (κ1) is 18.3. The maximum Gasteiger partial charge on any atom is 0.122 e. The monoisotopic (exact) mass is 318 g/mol. The summed E-state index contributed by atoms with van der Waals surface area (Å²) in [5.74, 6) is 1.05. The van der Waals surface area contributed by atoms with Gasteiger partial charge in [0.25, 0.3) is 0 Å². The van der Waals surface area contributed by atoms with Gasteiger partial charge in [-0.25, -0.2) is 0 Å². The third-order valence-electron chi connectivity index (χ3n) is 4.60. The van der Waals surface area contributed by atoms with E-state index in [1.54, 1.807) is 0 Å². The lowest BCUT2D eigenvalue weighted by atomic mass is 10.0. The van der Waals surface area contributed by atoms with Gasteiger partial charge < -0.3 is 9.47 Å². The molecular weight excluding hydrogens is 284 g/mol. The molecule has 23 heavy (non-hydrogen) atoms. The van der Waals surface area contributed by atoms with E-state index in [1.807, 2.05) is 0 Å². The van der Waals surface area contributed by atoms with Crippen molar-refractivity contribution in [3.05, 3.63) is 29.8 Å². The molecule has 2 rings (SSSR count). The largest absolute Gasteiger partial charge is 0.491 e. The fourth-order valence-electron chi connectivity index (χ4n) is 3.00. The summed E-state index contributed by atoms with van der Waals surface area (Å²) in [4.78, 5) is 0. The minimum Gasteiger partial charge on any atom is -0.491 e. The summed E-state index contributed by atoms with van der Waals surface area (Å²) in [7, 11) is 0. The van der Waals surface area contributed by atoms with E-state index in [0.717, 1.165) is 18.8 Å². The molecule has 0 aromatic heterocycles. The van der Waals surface area contributed by atoms with Crippen LogP contribution in [0.15, 0.2) is 24.3 Å². The summed E-state index contributed by atoms with van der Waals surface area (Å²) in [5, 5.41) is 0. The Morgan fingerprint density at radius 2 is 1.52 bits per heavy atom. The lowest BCUT2D eigenvalue weighted by Gasteiger charge is -2.10. The van der Waals surface area contributed by atoms with Crippen molar-refractivity contribution >= 4 is 0 Å². The summed E-state index contributed by atoms with van der Waals surface area (Å²) >= 11 is 0. The molecule has 1 atom stereocenters. The molecule has 0 saturated carbocycles. The highest BCUT2D eigenvalue weighted by Gasteiger charge is 2.23. The van der Waals surface area contributed by atoms with Crippen LogP contribution in [0.2, 0.25) is 0 Å². The predicted molar refractivity (Wildman–Crippen MR) is 97.2 cm³/mol. The Kier molecular flexibility index (Phi) is 9.16. The van der Waals surface area contributed by atoms with Crippen molar-refractivity contribution in [1.82, 2.24) is 0 Å². The van der Waals surface area contributed by atoms with Crippen LogP contribution in [0.5, 0.6) is 5.75 Å². The molecule has 1 heterocycles. The Labute approximate surface area is 142 Å². The topological polar surface area (TPSA) is 21.8 Å². The standard InChI is InChI=1S/C21H34O2/c1-2-3-4-5-6-7-8-9-10-11-14-19-15-12-13-16-21(19)23-18-20-17-22-20/h12-13,15-16,20H,2-11,14,17-18H2,1H3. The molecule has 2 heteroatoms. The molecule has 1 unspecified atom stereocenters. The second kappa shape index (κ2) is 11.5. The Morgan fingerprint density at radius 3 is 2.17 bits per heavy atom. The zero-order chi connectivity index (χ0) is 16.2. The molecule has 0 radical (unpaired) electrons. The number of para-hydroxylation sites is 1. The van der Waals surface area contributed by atoms with E-state index in [-0.39, 0.29) is 0 Å². The van der Waals surface area contributed by atoms with Gasteiger partial charge in [0.15, 0.2) is 0 Å². The Bertz CT molecular complexity index is 412. The summed E-state index contributed by atoms with van der Waals surface area (Å²) in [5.41, 5.74) is 1.35. The van der Waals surface area contributed by atoms with Gasteiger partial charge in [0.2, 0.25) is 0 Å². The first-order chi connectivity index (χ1) is 11.4. The number of hydrogen-bond donors (Lipinski definition) is 0. The third kappa shape index (κ3) is 8.41. The van der Waals surface area contributed by atoms with Crippen LogP contribution in [0.4, 0.5) is 0 Å². The van der Waals surface area contributed by atoms with Gasteiger partial charge in [-0.1, -0.05) is 82.9 Å². The van der Waals surface area contributed by atoms with Gasteiger partial charge in [0, 0.05) is 0 Å². The second-order valence-electron chi connectivity index (χ2n) is 6.81. The lowest BCUT2D eigenvalue weighted by molar-refractivity contribution is 0.261. The van der Waals surface area contributed by atoms with Crippen LogP contribution >= 0.6 is 0 Å². The van der Waals surface area contributed by atoms with Crippen molar-refractivity contribution in [3.63, 3.8) is 0 Å². The smallest absolute Gasteiger partial charge is 0.122 e. The first-order valence-electron chi connectivity index (χ1n) is 9.72. The molecule has 1 aromatic carbocycles. The van der Waals surface area contributed by atoms with Crippen molar-refractivity contribution in [3.8, 4) is 5.75 Å². The number of hydrogen-bond acceptors (Lipinski definition) is 2. The Balaban J connectivity index is 1.50. The Hall–Kier alpha value is -1.02. The van der Waals surface area contributed by atoms with E-state index in [1.165, 1.54) is 69.8 Å². The normalized spacial score (nSPS) is 16.5. The summed E-state index contributed by atoms with van der Waals surface area (Å²) in [6.45, 7) is 3.85. The molecule has 0 aliphatic carbocycles. The number of benzene rings is 1. The molecule has 1 fully saturated rings. The number of epoxide rings is 1. The quantitative estimate of drug-likeness (QED) is 0.313. The van der Waals surface area contributed by atoms with Gasteiger partial charge in [-0.3, -0.25) is 0 Å². The second-order valence-corrected chi connectivity index (χ2v) is 6.81. The van der Waals surface area contributed by atoms with Gasteiger partial charge in [0.1, 0.15) is 18.5 Å². The zero-order valence-electron chi connectivity index (χ0n) is 14.9. The summed E-state index contributed by atoms with van der Waals surface area (Å²) in [6.07, 6.45) is 15.3. The van der Waals surface area contributed by atoms with Crippen LogP contribution < -0.4 is 4.74 Å². The van der Waals surface area contributed by atoms with E-state index in [9.17, 15) is 0 Å². The van der Waals surface area contributed by atoms with Gasteiger partial charge in [-0.2, -0.15) is 0 Å². The van der Waals surface area contributed by atoms with Gasteiger partial charge >= 0.3 is 0 Å². The van der Waals surface area contributed by atoms with E-state index in [4.69, 9.17) is 9.47 Å². The molecule has 0 N–H and O–H groups in total. The molecule has 130 valence electrons.